The fourth-order valence-corrected chi connectivity index (χ4v) is 1.30. The predicted molar refractivity (Wildman–Crippen MR) is 67.3 cm³/mol. The van der Waals surface area contributed by atoms with Crippen molar-refractivity contribution in [1.82, 2.24) is 5.32 Å². The van der Waals surface area contributed by atoms with Gasteiger partial charge in [-0.3, -0.25) is 4.79 Å². The zero-order valence-electron chi connectivity index (χ0n) is 10.2. The second kappa shape index (κ2) is 6.66. The van der Waals surface area contributed by atoms with Crippen molar-refractivity contribution in [2.75, 3.05) is 5.32 Å². The maximum atomic E-state index is 11.2. The van der Waals surface area contributed by atoms with Gasteiger partial charge < -0.3 is 10.6 Å². The topological polar surface area (TPSA) is 64.9 Å². The molecule has 4 nitrogen and oxygen atoms in total. The van der Waals surface area contributed by atoms with Crippen molar-refractivity contribution >= 4 is 11.6 Å². The molecular weight excluding hydrogens is 214 g/mol. The zero-order valence-corrected chi connectivity index (χ0v) is 10.2. The van der Waals surface area contributed by atoms with E-state index in [2.05, 4.69) is 24.5 Å². The summed E-state index contributed by atoms with van der Waals surface area (Å²) in [6.07, 6.45) is -0.114. The Labute approximate surface area is 102 Å². The highest BCUT2D eigenvalue weighted by Crippen LogP contribution is 2.09. The van der Waals surface area contributed by atoms with Gasteiger partial charge in [-0.2, -0.15) is 5.26 Å². The number of nitrogens with one attached hydrogen (secondary N) is 2. The zero-order chi connectivity index (χ0) is 12.7. The normalized spacial score (nSPS) is 10.0. The highest BCUT2D eigenvalue weighted by atomic mass is 16.1. The molecule has 0 aromatic heterocycles. The summed E-state index contributed by atoms with van der Waals surface area (Å²) in [4.78, 5) is 11.2. The first-order valence-electron chi connectivity index (χ1n) is 5.61. The molecule has 1 aromatic carbocycles. The summed E-state index contributed by atoms with van der Waals surface area (Å²) in [5.41, 5.74) is 1.88. The average Bonchev–Trinajstić information content (AvgIpc) is 2.28. The van der Waals surface area contributed by atoms with Crippen LogP contribution in [-0.4, -0.2) is 11.9 Å². The summed E-state index contributed by atoms with van der Waals surface area (Å²) in [5.74, 6) is -0.277. The molecule has 0 radical (unpaired) electrons. The van der Waals surface area contributed by atoms with E-state index < -0.39 is 0 Å². The van der Waals surface area contributed by atoms with Crippen LogP contribution in [0.15, 0.2) is 24.3 Å². The number of hydrogen-bond acceptors (Lipinski definition) is 3. The van der Waals surface area contributed by atoms with Crippen LogP contribution in [0.25, 0.3) is 0 Å². The highest BCUT2D eigenvalue weighted by Gasteiger charge is 2.01. The number of carbonyl (C=O) groups excluding carboxylic acids is 1. The lowest BCUT2D eigenvalue weighted by atomic mass is 10.2. The number of nitrogens with zero attached hydrogens (tertiary/aromatic N) is 1. The number of benzene rings is 1. The van der Waals surface area contributed by atoms with E-state index in [1.54, 1.807) is 0 Å². The van der Waals surface area contributed by atoms with Crippen LogP contribution in [0.2, 0.25) is 0 Å². The number of hydrogen-bond donors (Lipinski definition) is 2. The van der Waals surface area contributed by atoms with Gasteiger partial charge in [0.2, 0.25) is 5.91 Å². The van der Waals surface area contributed by atoms with Crippen molar-refractivity contribution < 1.29 is 4.79 Å². The Hall–Kier alpha value is -1.86. The van der Waals surface area contributed by atoms with E-state index in [0.29, 0.717) is 6.04 Å². The van der Waals surface area contributed by atoms with Gasteiger partial charge in [-0.05, 0) is 17.7 Å². The molecule has 2 N–H and O–H groups in total. The third kappa shape index (κ3) is 5.14. The molecule has 0 saturated carbocycles. The van der Waals surface area contributed by atoms with E-state index in [9.17, 15) is 4.79 Å². The van der Waals surface area contributed by atoms with Crippen molar-refractivity contribution in [3.05, 3.63) is 29.8 Å². The van der Waals surface area contributed by atoms with Crippen LogP contribution < -0.4 is 10.6 Å². The van der Waals surface area contributed by atoms with E-state index in [0.717, 1.165) is 17.8 Å². The monoisotopic (exact) mass is 231 g/mol. The molecule has 0 atom stereocenters. The van der Waals surface area contributed by atoms with Crippen molar-refractivity contribution in [2.24, 2.45) is 0 Å². The average molecular weight is 231 g/mol. The minimum absolute atomic E-state index is 0.114. The molecule has 0 aliphatic carbocycles. The molecule has 1 rings (SSSR count). The first kappa shape index (κ1) is 13.2. The van der Waals surface area contributed by atoms with Gasteiger partial charge in [0.1, 0.15) is 6.42 Å². The Morgan fingerprint density at radius 2 is 2.00 bits per heavy atom. The van der Waals surface area contributed by atoms with Crippen molar-refractivity contribution in [1.29, 1.82) is 5.26 Å². The Morgan fingerprint density at radius 3 is 2.53 bits per heavy atom. The minimum Gasteiger partial charge on any atom is -0.325 e. The molecular formula is C13H17N3O. The lowest BCUT2D eigenvalue weighted by molar-refractivity contribution is -0.115. The lowest BCUT2D eigenvalue weighted by Gasteiger charge is -2.09. The molecule has 0 heterocycles. The first-order chi connectivity index (χ1) is 8.11. The summed E-state index contributed by atoms with van der Waals surface area (Å²) in [6, 6.07) is 9.85. The Balaban J connectivity index is 2.50. The highest BCUT2D eigenvalue weighted by molar-refractivity contribution is 5.91. The number of rotatable bonds is 5. The smallest absolute Gasteiger partial charge is 0.238 e. The van der Waals surface area contributed by atoms with E-state index in [1.165, 1.54) is 0 Å². The van der Waals surface area contributed by atoms with Gasteiger partial charge in [0.25, 0.3) is 0 Å². The first-order valence-corrected chi connectivity index (χ1v) is 5.61. The maximum absolute atomic E-state index is 11.2. The molecule has 0 spiro atoms. The second-order valence-electron chi connectivity index (χ2n) is 4.12. The number of amides is 1. The van der Waals surface area contributed by atoms with Crippen LogP contribution in [0.5, 0.6) is 0 Å². The molecule has 0 aliphatic rings. The van der Waals surface area contributed by atoms with Crippen LogP contribution in [0, 0.1) is 11.3 Å². The van der Waals surface area contributed by atoms with Crippen LogP contribution >= 0.6 is 0 Å². The van der Waals surface area contributed by atoms with E-state index in [4.69, 9.17) is 5.26 Å². The van der Waals surface area contributed by atoms with Gasteiger partial charge in [-0.25, -0.2) is 0 Å². The Kier molecular flexibility index (Phi) is 5.18. The van der Waals surface area contributed by atoms with Gasteiger partial charge in [-0.15, -0.1) is 0 Å². The Morgan fingerprint density at radius 1 is 1.35 bits per heavy atom. The molecule has 90 valence electrons. The van der Waals surface area contributed by atoms with Gasteiger partial charge in [0.15, 0.2) is 0 Å². The molecule has 17 heavy (non-hydrogen) atoms. The van der Waals surface area contributed by atoms with Crippen LogP contribution in [0.4, 0.5) is 5.69 Å². The van der Waals surface area contributed by atoms with Gasteiger partial charge in [-0.1, -0.05) is 26.0 Å². The number of anilines is 1. The molecule has 0 aliphatic heterocycles. The second-order valence-corrected chi connectivity index (χ2v) is 4.12. The van der Waals surface area contributed by atoms with E-state index >= 15 is 0 Å². The fraction of sp³-hybridized carbons (Fsp3) is 0.385. The largest absolute Gasteiger partial charge is 0.325 e. The molecule has 1 aromatic rings. The van der Waals surface area contributed by atoms with Crippen LogP contribution in [0.1, 0.15) is 25.8 Å². The van der Waals surface area contributed by atoms with Crippen molar-refractivity contribution in [3.8, 4) is 6.07 Å². The summed E-state index contributed by atoms with van der Waals surface area (Å²) >= 11 is 0. The minimum atomic E-state index is -0.277. The predicted octanol–water partition coefficient (Wildman–Crippen LogP) is 2.04. The van der Waals surface area contributed by atoms with Crippen LogP contribution in [0.3, 0.4) is 0 Å². The Bertz CT molecular complexity index is 404. The summed E-state index contributed by atoms with van der Waals surface area (Å²) in [7, 11) is 0. The molecule has 0 fully saturated rings. The fourth-order valence-electron chi connectivity index (χ4n) is 1.30. The summed E-state index contributed by atoms with van der Waals surface area (Å²) < 4.78 is 0. The third-order valence-electron chi connectivity index (χ3n) is 2.19. The standard InChI is InChI=1S/C13H17N3O/c1-10(2)15-9-11-3-5-12(6-4-11)16-13(17)7-8-14/h3-6,10,15H,7,9H2,1-2H3,(H,16,17). The quantitative estimate of drug-likeness (QED) is 0.815. The number of carbonyl (C=O) groups is 1. The van der Waals surface area contributed by atoms with Crippen molar-refractivity contribution in [3.63, 3.8) is 0 Å². The summed E-state index contributed by atoms with van der Waals surface area (Å²) in [6.45, 7) is 5.00. The molecule has 1 amide bonds. The third-order valence-corrected chi connectivity index (χ3v) is 2.19. The summed E-state index contributed by atoms with van der Waals surface area (Å²) in [5, 5.41) is 14.3. The SMILES string of the molecule is CC(C)NCc1ccc(NC(=O)CC#N)cc1. The molecule has 0 bridgehead atoms. The van der Waals surface area contributed by atoms with Gasteiger partial charge >= 0.3 is 0 Å². The van der Waals surface area contributed by atoms with Crippen molar-refractivity contribution in [2.45, 2.75) is 32.9 Å². The maximum Gasteiger partial charge on any atom is 0.238 e. The van der Waals surface area contributed by atoms with Gasteiger partial charge in [0, 0.05) is 18.3 Å². The lowest BCUT2D eigenvalue weighted by Crippen LogP contribution is -2.21. The van der Waals surface area contributed by atoms with E-state index in [-0.39, 0.29) is 12.3 Å². The van der Waals surface area contributed by atoms with E-state index in [1.807, 2.05) is 30.3 Å². The molecule has 4 heteroatoms. The van der Waals surface area contributed by atoms with Crippen LogP contribution in [-0.2, 0) is 11.3 Å². The molecule has 0 unspecified atom stereocenters. The molecule has 0 saturated heterocycles. The van der Waals surface area contributed by atoms with Gasteiger partial charge in [0.05, 0.1) is 6.07 Å². The number of nitriles is 1.